The number of rotatable bonds is 7. The minimum atomic E-state index is -0.351. The molecule has 0 saturated heterocycles. The Hall–Kier alpha value is -2.59. The number of hydrogen-bond donors (Lipinski definition) is 1. The fourth-order valence-corrected chi connectivity index (χ4v) is 3.84. The first-order valence-corrected chi connectivity index (χ1v) is 12.0. The van der Waals surface area contributed by atoms with Crippen LogP contribution >= 0.6 is 0 Å². The van der Waals surface area contributed by atoms with E-state index in [0.29, 0.717) is 42.5 Å². The number of fused-ring (bicyclic) bond motifs is 1. The van der Waals surface area contributed by atoms with Crippen LogP contribution in [0.5, 0.6) is 5.88 Å². The van der Waals surface area contributed by atoms with E-state index in [9.17, 15) is 14.7 Å². The molecule has 7 nitrogen and oxygen atoms in total. The Labute approximate surface area is 197 Å². The van der Waals surface area contributed by atoms with Gasteiger partial charge in [0.05, 0.1) is 19.2 Å². The maximum atomic E-state index is 13.4. The van der Waals surface area contributed by atoms with E-state index in [1.54, 1.807) is 29.1 Å². The number of aliphatic hydroxyl groups excluding tert-OH is 1. The Morgan fingerprint density at radius 1 is 1.36 bits per heavy atom. The van der Waals surface area contributed by atoms with E-state index in [-0.39, 0.29) is 42.4 Å². The van der Waals surface area contributed by atoms with Crippen LogP contribution in [0.4, 0.5) is 0 Å². The number of ether oxygens (including phenoxy) is 1. The van der Waals surface area contributed by atoms with Crippen LogP contribution in [-0.4, -0.2) is 70.6 Å². The third kappa shape index (κ3) is 6.70. The normalized spacial score (nSPS) is 21.3. The van der Waals surface area contributed by atoms with Crippen molar-refractivity contribution in [2.75, 3.05) is 26.7 Å². The van der Waals surface area contributed by atoms with Crippen molar-refractivity contribution in [3.63, 3.8) is 0 Å². The second kappa shape index (κ2) is 11.0. The lowest BCUT2D eigenvalue weighted by atomic mass is 9.99. The lowest BCUT2D eigenvalue weighted by Crippen LogP contribution is -2.50. The van der Waals surface area contributed by atoms with Gasteiger partial charge in [0.15, 0.2) is 0 Å². The van der Waals surface area contributed by atoms with Crippen LogP contribution in [0.3, 0.4) is 0 Å². The number of aliphatic hydroxyl groups is 1. The second-order valence-electron chi connectivity index (χ2n) is 10.0. The first-order chi connectivity index (χ1) is 15.7. The summed E-state index contributed by atoms with van der Waals surface area (Å²) in [6.07, 6.45) is 4.90. The molecular formula is C26H37N3O4. The van der Waals surface area contributed by atoms with Crippen LogP contribution in [0, 0.1) is 29.6 Å². The van der Waals surface area contributed by atoms with Crippen LogP contribution in [0.15, 0.2) is 12.3 Å². The van der Waals surface area contributed by atoms with Crippen molar-refractivity contribution < 1.29 is 19.4 Å². The zero-order valence-corrected chi connectivity index (χ0v) is 20.5. The molecule has 1 aliphatic heterocycles. The van der Waals surface area contributed by atoms with Crippen LogP contribution in [-0.2, 0) is 4.79 Å². The van der Waals surface area contributed by atoms with E-state index in [2.05, 4.69) is 30.7 Å². The zero-order chi connectivity index (χ0) is 24.1. The maximum absolute atomic E-state index is 13.4. The van der Waals surface area contributed by atoms with Gasteiger partial charge in [0.2, 0.25) is 11.8 Å². The summed E-state index contributed by atoms with van der Waals surface area (Å²) in [5.74, 6) is 7.30. The standard InChI is InChI=1S/C26H37N3O4/c1-17(2)7-6-8-21-11-22-25(27-13-21)33-23(15-28(5)24(31)12-20-9-10-20)18(3)14-29(26(22)32)19(4)16-30/h11,13,17-20,23,30H,7,9-10,12,14-16H2,1-5H3/t18-,19+,23+/m1/s1. The molecule has 1 fully saturated rings. The fraction of sp³-hybridized carbons (Fsp3) is 0.654. The van der Waals surface area contributed by atoms with Crippen molar-refractivity contribution in [1.29, 1.82) is 0 Å². The average molecular weight is 456 g/mol. The molecule has 0 aromatic carbocycles. The summed E-state index contributed by atoms with van der Waals surface area (Å²) in [6.45, 7) is 8.73. The molecule has 0 spiro atoms. The van der Waals surface area contributed by atoms with Gasteiger partial charge in [-0.05, 0) is 37.7 Å². The van der Waals surface area contributed by atoms with E-state index < -0.39 is 0 Å². The fourth-order valence-electron chi connectivity index (χ4n) is 3.84. The number of hydrogen-bond acceptors (Lipinski definition) is 5. The first-order valence-electron chi connectivity index (χ1n) is 12.0. The summed E-state index contributed by atoms with van der Waals surface area (Å²) < 4.78 is 6.26. The lowest BCUT2D eigenvalue weighted by Gasteiger charge is -2.37. The number of carbonyl (C=O) groups excluding carboxylic acids is 2. The molecule has 0 radical (unpaired) electrons. The number of likely N-dealkylation sites (N-methyl/N-ethyl adjacent to an activating group) is 1. The van der Waals surface area contributed by atoms with Crippen molar-refractivity contribution in [2.45, 2.75) is 65.5 Å². The summed E-state index contributed by atoms with van der Waals surface area (Å²) in [4.78, 5) is 33.9. The van der Waals surface area contributed by atoms with Gasteiger partial charge < -0.3 is 19.6 Å². The van der Waals surface area contributed by atoms with E-state index in [1.165, 1.54) is 0 Å². The summed E-state index contributed by atoms with van der Waals surface area (Å²) in [5.41, 5.74) is 1.00. The van der Waals surface area contributed by atoms with Crippen LogP contribution in [0.25, 0.3) is 0 Å². The van der Waals surface area contributed by atoms with Crippen molar-refractivity contribution >= 4 is 11.8 Å². The van der Waals surface area contributed by atoms with Crippen molar-refractivity contribution in [2.24, 2.45) is 17.8 Å². The van der Waals surface area contributed by atoms with Crippen molar-refractivity contribution in [3.05, 3.63) is 23.4 Å². The molecule has 0 bridgehead atoms. The molecule has 1 aromatic heterocycles. The van der Waals surface area contributed by atoms with E-state index >= 15 is 0 Å². The smallest absolute Gasteiger partial charge is 0.259 e. The highest BCUT2D eigenvalue weighted by Gasteiger charge is 2.35. The monoisotopic (exact) mass is 455 g/mol. The Balaban J connectivity index is 1.89. The topological polar surface area (TPSA) is 83.0 Å². The summed E-state index contributed by atoms with van der Waals surface area (Å²) in [5, 5.41) is 9.78. The highest BCUT2D eigenvalue weighted by atomic mass is 16.5. The average Bonchev–Trinajstić information content (AvgIpc) is 3.59. The molecule has 3 rings (SSSR count). The SMILES string of the molecule is CC(C)CC#Cc1cnc2c(c1)C(=O)N([C@@H](C)CO)C[C@@H](C)[C@H](CN(C)C(=O)CC1CC1)O2. The minimum Gasteiger partial charge on any atom is -0.472 e. The predicted molar refractivity (Wildman–Crippen MR) is 127 cm³/mol. The Kier molecular flexibility index (Phi) is 8.36. The maximum Gasteiger partial charge on any atom is 0.259 e. The van der Waals surface area contributed by atoms with E-state index in [4.69, 9.17) is 4.74 Å². The Morgan fingerprint density at radius 2 is 2.09 bits per heavy atom. The van der Waals surface area contributed by atoms with Crippen LogP contribution < -0.4 is 4.74 Å². The molecule has 1 aromatic rings. The van der Waals surface area contributed by atoms with Gasteiger partial charge >= 0.3 is 0 Å². The number of pyridine rings is 1. The van der Waals surface area contributed by atoms with E-state index in [0.717, 1.165) is 19.3 Å². The van der Waals surface area contributed by atoms with Gasteiger partial charge in [0.1, 0.15) is 11.7 Å². The Bertz CT molecular complexity index is 916. The quantitative estimate of drug-likeness (QED) is 0.639. The minimum absolute atomic E-state index is 0.0559. The third-order valence-corrected chi connectivity index (χ3v) is 6.30. The molecule has 2 aliphatic rings. The van der Waals surface area contributed by atoms with E-state index in [1.807, 2.05) is 13.8 Å². The highest BCUT2D eigenvalue weighted by Crippen LogP contribution is 2.33. The van der Waals surface area contributed by atoms with Gasteiger partial charge in [-0.25, -0.2) is 4.98 Å². The number of aromatic nitrogens is 1. The van der Waals surface area contributed by atoms with Gasteiger partial charge in [-0.15, -0.1) is 0 Å². The van der Waals surface area contributed by atoms with Crippen molar-refractivity contribution in [1.82, 2.24) is 14.8 Å². The molecule has 7 heteroatoms. The molecule has 1 N–H and O–H groups in total. The van der Waals surface area contributed by atoms with Gasteiger partial charge in [-0.3, -0.25) is 9.59 Å². The first kappa shape index (κ1) is 25.0. The molecule has 1 aliphatic carbocycles. The van der Waals surface area contributed by atoms with Gasteiger partial charge in [0, 0.05) is 44.1 Å². The number of nitrogens with zero attached hydrogens (tertiary/aromatic N) is 3. The summed E-state index contributed by atoms with van der Waals surface area (Å²) in [7, 11) is 1.81. The van der Waals surface area contributed by atoms with Gasteiger partial charge in [0.25, 0.3) is 5.91 Å². The molecule has 33 heavy (non-hydrogen) atoms. The zero-order valence-electron chi connectivity index (χ0n) is 20.5. The third-order valence-electron chi connectivity index (χ3n) is 6.30. The molecule has 1 saturated carbocycles. The molecule has 2 amide bonds. The summed E-state index contributed by atoms with van der Waals surface area (Å²) >= 11 is 0. The van der Waals surface area contributed by atoms with Crippen LogP contribution in [0.1, 0.15) is 69.3 Å². The molecule has 0 unspecified atom stereocenters. The predicted octanol–water partition coefficient (Wildman–Crippen LogP) is 2.96. The lowest BCUT2D eigenvalue weighted by molar-refractivity contribution is -0.131. The summed E-state index contributed by atoms with van der Waals surface area (Å²) in [6, 6.07) is 1.38. The molecule has 3 atom stereocenters. The van der Waals surface area contributed by atoms with Gasteiger partial charge in [-0.2, -0.15) is 0 Å². The number of amides is 2. The largest absolute Gasteiger partial charge is 0.472 e. The highest BCUT2D eigenvalue weighted by molar-refractivity contribution is 5.97. The van der Waals surface area contributed by atoms with Crippen molar-refractivity contribution in [3.8, 4) is 17.7 Å². The molecule has 2 heterocycles. The molecular weight excluding hydrogens is 418 g/mol. The number of carbonyl (C=O) groups is 2. The van der Waals surface area contributed by atoms with Gasteiger partial charge in [-0.1, -0.05) is 32.6 Å². The van der Waals surface area contributed by atoms with Crippen LogP contribution in [0.2, 0.25) is 0 Å². The molecule has 180 valence electrons. The second-order valence-corrected chi connectivity index (χ2v) is 10.0. The Morgan fingerprint density at radius 3 is 2.73 bits per heavy atom.